The Morgan fingerprint density at radius 2 is 1.64 bits per heavy atom. The second kappa shape index (κ2) is 8.31. The Hall–Kier alpha value is -3.06. The number of nitrogens with zero attached hydrogens (tertiary/aromatic N) is 2. The molecule has 0 bridgehead atoms. The molecular weight excluding hydrogens is 358 g/mol. The maximum absolute atomic E-state index is 12.5. The number of nitrogens with one attached hydrogen (secondary N) is 1. The van der Waals surface area contributed by atoms with Crippen LogP contribution in [-0.2, 0) is 13.1 Å². The average Bonchev–Trinajstić information content (AvgIpc) is 2.67. The van der Waals surface area contributed by atoms with Crippen molar-refractivity contribution in [2.75, 3.05) is 28.4 Å². The second-order valence-electron chi connectivity index (χ2n) is 6.72. The van der Waals surface area contributed by atoms with Crippen LogP contribution in [0.2, 0.25) is 0 Å². The molecule has 2 aromatic carbocycles. The van der Waals surface area contributed by atoms with Crippen molar-refractivity contribution in [1.82, 2.24) is 14.9 Å². The molecule has 0 atom stereocenters. The molecule has 3 aromatic rings. The minimum absolute atomic E-state index is 0.206. The van der Waals surface area contributed by atoms with Crippen LogP contribution in [0, 0.1) is 6.92 Å². The minimum atomic E-state index is -0.206. The fourth-order valence-corrected chi connectivity index (χ4v) is 3.22. The van der Waals surface area contributed by atoms with E-state index in [0.29, 0.717) is 41.3 Å². The molecule has 7 heteroatoms. The van der Waals surface area contributed by atoms with Gasteiger partial charge in [0.25, 0.3) is 5.56 Å². The largest absolute Gasteiger partial charge is 0.496 e. The van der Waals surface area contributed by atoms with E-state index in [1.807, 2.05) is 26.1 Å². The monoisotopic (exact) mass is 383 g/mol. The van der Waals surface area contributed by atoms with Crippen molar-refractivity contribution in [3.8, 4) is 17.2 Å². The average molecular weight is 383 g/mol. The third kappa shape index (κ3) is 4.09. The maximum atomic E-state index is 12.5. The summed E-state index contributed by atoms with van der Waals surface area (Å²) in [6, 6.07) is 9.45. The molecule has 0 fully saturated rings. The van der Waals surface area contributed by atoms with Gasteiger partial charge < -0.3 is 19.2 Å². The molecule has 0 unspecified atom stereocenters. The van der Waals surface area contributed by atoms with E-state index in [1.54, 1.807) is 26.4 Å². The highest BCUT2D eigenvalue weighted by molar-refractivity contribution is 5.81. The van der Waals surface area contributed by atoms with E-state index in [1.165, 1.54) is 12.7 Å². The first-order valence-corrected chi connectivity index (χ1v) is 8.92. The lowest BCUT2D eigenvalue weighted by atomic mass is 10.1. The summed E-state index contributed by atoms with van der Waals surface area (Å²) in [7, 11) is 6.73. The normalized spacial score (nSPS) is 11.1. The summed E-state index contributed by atoms with van der Waals surface area (Å²) in [5.74, 6) is 2.46. The molecule has 7 nitrogen and oxygen atoms in total. The van der Waals surface area contributed by atoms with Gasteiger partial charge in [-0.25, -0.2) is 4.98 Å². The number of hydrogen-bond donors (Lipinski definition) is 1. The standard InChI is InChI=1S/C21H25N3O4/c1-13-6-7-17(26-3)14(8-13)11-24(2)12-20-22-16-10-19(28-5)18(27-4)9-15(16)21(25)23-20/h6-10H,11-12H2,1-5H3,(H,22,23,25). The number of aromatic amines is 1. The van der Waals surface area contributed by atoms with Gasteiger partial charge >= 0.3 is 0 Å². The zero-order valence-corrected chi connectivity index (χ0v) is 16.8. The summed E-state index contributed by atoms with van der Waals surface area (Å²) in [5.41, 5.74) is 2.61. The molecule has 0 saturated heterocycles. The number of hydrogen-bond acceptors (Lipinski definition) is 6. The zero-order chi connectivity index (χ0) is 20.3. The van der Waals surface area contributed by atoms with Gasteiger partial charge in [0, 0.05) is 18.2 Å². The lowest BCUT2D eigenvalue weighted by molar-refractivity contribution is 0.302. The SMILES string of the molecule is COc1ccc(C)cc1CN(C)Cc1nc2cc(OC)c(OC)cc2c(=O)[nH]1. The van der Waals surface area contributed by atoms with Crippen molar-refractivity contribution in [1.29, 1.82) is 0 Å². The smallest absolute Gasteiger partial charge is 0.258 e. The van der Waals surface area contributed by atoms with Gasteiger partial charge in [0.1, 0.15) is 11.6 Å². The van der Waals surface area contributed by atoms with E-state index in [-0.39, 0.29) is 5.56 Å². The van der Waals surface area contributed by atoms with Crippen LogP contribution in [0.3, 0.4) is 0 Å². The summed E-state index contributed by atoms with van der Waals surface area (Å²) in [4.78, 5) is 22.1. The van der Waals surface area contributed by atoms with Crippen LogP contribution in [0.25, 0.3) is 10.9 Å². The summed E-state index contributed by atoms with van der Waals surface area (Å²) in [6.07, 6.45) is 0. The van der Waals surface area contributed by atoms with Crippen molar-refractivity contribution in [3.05, 3.63) is 57.6 Å². The second-order valence-corrected chi connectivity index (χ2v) is 6.72. The quantitative estimate of drug-likeness (QED) is 0.676. The molecule has 0 spiro atoms. The number of ether oxygens (including phenoxy) is 3. The van der Waals surface area contributed by atoms with Crippen LogP contribution < -0.4 is 19.8 Å². The lowest BCUT2D eigenvalue weighted by Crippen LogP contribution is -2.22. The zero-order valence-electron chi connectivity index (χ0n) is 16.8. The fraction of sp³-hybridized carbons (Fsp3) is 0.333. The van der Waals surface area contributed by atoms with E-state index in [2.05, 4.69) is 20.9 Å². The van der Waals surface area contributed by atoms with Crippen molar-refractivity contribution in [2.45, 2.75) is 20.0 Å². The van der Waals surface area contributed by atoms with Gasteiger partial charge in [-0.1, -0.05) is 17.7 Å². The highest BCUT2D eigenvalue weighted by atomic mass is 16.5. The van der Waals surface area contributed by atoms with Crippen LogP contribution in [0.15, 0.2) is 35.1 Å². The first-order valence-electron chi connectivity index (χ1n) is 8.92. The number of aryl methyl sites for hydroxylation is 1. The van der Waals surface area contributed by atoms with E-state index in [9.17, 15) is 4.79 Å². The fourth-order valence-electron chi connectivity index (χ4n) is 3.22. The number of fused-ring (bicyclic) bond motifs is 1. The third-order valence-electron chi connectivity index (χ3n) is 4.56. The molecule has 0 aliphatic carbocycles. The Morgan fingerprint density at radius 1 is 0.964 bits per heavy atom. The van der Waals surface area contributed by atoms with E-state index in [0.717, 1.165) is 11.3 Å². The van der Waals surface area contributed by atoms with E-state index >= 15 is 0 Å². The van der Waals surface area contributed by atoms with Crippen molar-refractivity contribution in [2.24, 2.45) is 0 Å². The van der Waals surface area contributed by atoms with Crippen LogP contribution in [0.1, 0.15) is 17.0 Å². The van der Waals surface area contributed by atoms with Crippen LogP contribution >= 0.6 is 0 Å². The molecule has 1 heterocycles. The molecule has 28 heavy (non-hydrogen) atoms. The van der Waals surface area contributed by atoms with Crippen LogP contribution in [-0.4, -0.2) is 43.2 Å². The molecule has 0 aliphatic rings. The lowest BCUT2D eigenvalue weighted by Gasteiger charge is -2.18. The number of benzene rings is 2. The summed E-state index contributed by atoms with van der Waals surface area (Å²) in [5, 5.41) is 0.462. The molecule has 0 saturated carbocycles. The topological polar surface area (TPSA) is 76.7 Å². The highest BCUT2D eigenvalue weighted by Crippen LogP contribution is 2.30. The number of rotatable bonds is 7. The third-order valence-corrected chi connectivity index (χ3v) is 4.56. The van der Waals surface area contributed by atoms with Crippen molar-refractivity contribution in [3.63, 3.8) is 0 Å². The highest BCUT2D eigenvalue weighted by Gasteiger charge is 2.13. The number of aromatic nitrogens is 2. The van der Waals surface area contributed by atoms with Gasteiger partial charge in [0.2, 0.25) is 0 Å². The first kappa shape index (κ1) is 19.7. The first-order chi connectivity index (χ1) is 13.4. The van der Waals surface area contributed by atoms with Gasteiger partial charge in [-0.3, -0.25) is 9.69 Å². The van der Waals surface area contributed by atoms with E-state index < -0.39 is 0 Å². The molecule has 1 aromatic heterocycles. The van der Waals surface area contributed by atoms with Gasteiger partial charge in [-0.2, -0.15) is 0 Å². The van der Waals surface area contributed by atoms with Gasteiger partial charge in [0.05, 0.1) is 38.8 Å². The van der Waals surface area contributed by atoms with Crippen LogP contribution in [0.4, 0.5) is 0 Å². The van der Waals surface area contributed by atoms with Gasteiger partial charge in [-0.05, 0) is 26.1 Å². The molecular formula is C21H25N3O4. The number of methoxy groups -OCH3 is 3. The van der Waals surface area contributed by atoms with Crippen molar-refractivity contribution < 1.29 is 14.2 Å². The predicted molar refractivity (Wildman–Crippen MR) is 108 cm³/mol. The number of H-pyrrole nitrogens is 1. The minimum Gasteiger partial charge on any atom is -0.496 e. The Labute approximate surface area is 163 Å². The maximum Gasteiger partial charge on any atom is 0.258 e. The summed E-state index contributed by atoms with van der Waals surface area (Å²) in [6.45, 7) is 3.20. The molecule has 1 N–H and O–H groups in total. The van der Waals surface area contributed by atoms with Gasteiger partial charge in [0.15, 0.2) is 11.5 Å². The van der Waals surface area contributed by atoms with Gasteiger partial charge in [-0.15, -0.1) is 0 Å². The summed E-state index contributed by atoms with van der Waals surface area (Å²) < 4.78 is 16.0. The molecule has 148 valence electrons. The Bertz CT molecular complexity index is 1050. The Morgan fingerprint density at radius 3 is 2.32 bits per heavy atom. The Balaban J connectivity index is 1.88. The molecule has 3 rings (SSSR count). The predicted octanol–water partition coefficient (Wildman–Crippen LogP) is 2.89. The molecule has 0 aliphatic heterocycles. The van der Waals surface area contributed by atoms with Crippen LogP contribution in [0.5, 0.6) is 17.2 Å². The van der Waals surface area contributed by atoms with Crippen molar-refractivity contribution >= 4 is 10.9 Å². The molecule has 0 amide bonds. The molecule has 0 radical (unpaired) electrons. The van der Waals surface area contributed by atoms with E-state index in [4.69, 9.17) is 14.2 Å². The summed E-state index contributed by atoms with van der Waals surface area (Å²) >= 11 is 0. The Kier molecular flexibility index (Phi) is 5.84.